The van der Waals surface area contributed by atoms with Gasteiger partial charge in [0, 0.05) is 12.8 Å². The third-order valence-electron chi connectivity index (χ3n) is 10.4. The van der Waals surface area contributed by atoms with Crippen molar-refractivity contribution in [3.63, 3.8) is 0 Å². The normalized spacial score (nSPS) is 22.4. The number of allylic oxidation sites excluding steroid dienone is 8. The molecule has 1 aliphatic rings. The van der Waals surface area contributed by atoms with Crippen molar-refractivity contribution >= 4 is 27.6 Å². The molecule has 0 aromatic rings. The number of hydrogen-bond acceptors (Lipinski definition) is 13. The number of rotatable bonds is 38. The van der Waals surface area contributed by atoms with Gasteiger partial charge in [0.1, 0.15) is 43.2 Å². The summed E-state index contributed by atoms with van der Waals surface area (Å²) in [7, 11) is -10.7. The maximum absolute atomic E-state index is 13.0. The lowest BCUT2D eigenvalue weighted by atomic mass is 9.85. The second-order valence-corrected chi connectivity index (χ2v) is 18.7. The number of phosphoric ester groups is 2. The second-order valence-electron chi connectivity index (χ2n) is 16.1. The molecule has 8 atom stereocenters. The monoisotopic (exact) mass is 938 g/mol. The average Bonchev–Trinajstić information content (AvgIpc) is 3.23. The van der Waals surface area contributed by atoms with E-state index >= 15 is 0 Å². The Kier molecular flexibility index (Phi) is 33.8. The molecule has 0 aromatic heterocycles. The van der Waals surface area contributed by atoms with Crippen LogP contribution in [0.4, 0.5) is 0 Å². The van der Waals surface area contributed by atoms with Crippen molar-refractivity contribution in [2.45, 2.75) is 211 Å². The van der Waals surface area contributed by atoms with Crippen molar-refractivity contribution in [1.82, 2.24) is 0 Å². The number of aliphatic hydroxyl groups is 4. The Balaban J connectivity index is 2.63. The van der Waals surface area contributed by atoms with Gasteiger partial charge in [-0.2, -0.15) is 0 Å². The summed E-state index contributed by atoms with van der Waals surface area (Å²) in [6.07, 6.45) is 25.0. The summed E-state index contributed by atoms with van der Waals surface area (Å²) in [5.41, 5.74) is 0. The number of unbranched alkanes of at least 4 members (excludes halogenated alkanes) is 16. The van der Waals surface area contributed by atoms with Crippen molar-refractivity contribution in [3.05, 3.63) is 48.6 Å². The third-order valence-corrected chi connectivity index (χ3v) is 11.9. The van der Waals surface area contributed by atoms with E-state index in [9.17, 15) is 44.0 Å². The van der Waals surface area contributed by atoms with Gasteiger partial charge in [0.25, 0.3) is 0 Å². The molecule has 7 N–H and O–H groups in total. The highest BCUT2D eigenvalue weighted by Gasteiger charge is 2.54. The zero-order valence-electron chi connectivity index (χ0n) is 37.7. The number of phosphoric acid groups is 2. The minimum absolute atomic E-state index is 0.0236. The first kappa shape index (κ1) is 59.0. The standard InChI is InChI=1S/C45H80O16P2/c1-3-5-7-9-11-13-15-17-19-21-23-25-27-29-31-33-38(46)57-35-37(59-39(47)34-32-30-28-26-24-22-20-18-16-14-12-10-8-6-4-2)36-58-63(55,56)61-45-42(50)40(48)41(49)44(43(45)51)60-62(52,53)54/h11-14,17-20,37,40-45,48-51H,3-10,15-16,21-36H2,1-2H3,(H,55,56)(H2,52,53,54)/b13-11-,14-12-,19-17-,20-18-/t37-,40-,41-,42-,43-,44+,45-/m1/s1. The molecule has 1 rings (SSSR count). The van der Waals surface area contributed by atoms with Gasteiger partial charge in [0.2, 0.25) is 0 Å². The molecule has 0 bridgehead atoms. The van der Waals surface area contributed by atoms with Crippen LogP contribution in [0.5, 0.6) is 0 Å². The van der Waals surface area contributed by atoms with Gasteiger partial charge in [-0.25, -0.2) is 9.13 Å². The largest absolute Gasteiger partial charge is 0.472 e. The number of esters is 2. The van der Waals surface area contributed by atoms with Crippen molar-refractivity contribution in [2.75, 3.05) is 13.2 Å². The summed E-state index contributed by atoms with van der Waals surface area (Å²) in [5.74, 6) is -1.24. The number of ether oxygens (including phenoxy) is 2. The molecule has 1 saturated carbocycles. The van der Waals surface area contributed by atoms with E-state index in [-0.39, 0.29) is 12.8 Å². The van der Waals surface area contributed by atoms with Crippen molar-refractivity contribution in [2.24, 2.45) is 0 Å². The maximum Gasteiger partial charge on any atom is 0.472 e. The molecule has 0 heterocycles. The first-order valence-corrected chi connectivity index (χ1v) is 26.2. The van der Waals surface area contributed by atoms with Gasteiger partial charge in [-0.15, -0.1) is 0 Å². The molecule has 63 heavy (non-hydrogen) atoms. The van der Waals surface area contributed by atoms with Crippen LogP contribution in [0.1, 0.15) is 168 Å². The van der Waals surface area contributed by atoms with E-state index in [0.29, 0.717) is 12.8 Å². The van der Waals surface area contributed by atoms with Crippen LogP contribution in [-0.2, 0) is 41.8 Å². The summed E-state index contributed by atoms with van der Waals surface area (Å²) in [5, 5.41) is 41.2. The van der Waals surface area contributed by atoms with E-state index in [1.54, 1.807) is 0 Å². The fourth-order valence-corrected chi connectivity index (χ4v) is 8.27. The highest BCUT2D eigenvalue weighted by Crippen LogP contribution is 2.49. The Bertz CT molecular complexity index is 1420. The van der Waals surface area contributed by atoms with E-state index < -0.39 is 83.5 Å². The molecule has 1 fully saturated rings. The highest BCUT2D eigenvalue weighted by molar-refractivity contribution is 7.47. The lowest BCUT2D eigenvalue weighted by molar-refractivity contribution is -0.216. The Labute approximate surface area is 376 Å². The summed E-state index contributed by atoms with van der Waals surface area (Å²) in [6, 6.07) is 0. The summed E-state index contributed by atoms with van der Waals surface area (Å²) < 4.78 is 49.3. The Hall–Kier alpha value is -2.04. The Morgan fingerprint density at radius 3 is 1.38 bits per heavy atom. The van der Waals surface area contributed by atoms with Crippen LogP contribution in [0.25, 0.3) is 0 Å². The number of hydrogen-bond donors (Lipinski definition) is 7. The van der Waals surface area contributed by atoms with Crippen LogP contribution >= 0.6 is 15.6 Å². The first-order valence-electron chi connectivity index (χ1n) is 23.2. The van der Waals surface area contributed by atoms with Gasteiger partial charge in [0.15, 0.2) is 6.10 Å². The first-order chi connectivity index (χ1) is 30.1. The molecule has 0 amide bonds. The summed E-state index contributed by atoms with van der Waals surface area (Å²) >= 11 is 0. The minimum Gasteiger partial charge on any atom is -0.462 e. The zero-order chi connectivity index (χ0) is 46.8. The Morgan fingerprint density at radius 2 is 0.921 bits per heavy atom. The molecular weight excluding hydrogens is 858 g/mol. The Morgan fingerprint density at radius 1 is 0.508 bits per heavy atom. The molecule has 0 aromatic carbocycles. The third kappa shape index (κ3) is 30.7. The molecule has 0 saturated heterocycles. The van der Waals surface area contributed by atoms with Gasteiger partial charge >= 0.3 is 27.6 Å². The molecule has 1 unspecified atom stereocenters. The average molecular weight is 939 g/mol. The van der Waals surface area contributed by atoms with Crippen molar-refractivity contribution in [3.8, 4) is 0 Å². The van der Waals surface area contributed by atoms with Crippen LogP contribution < -0.4 is 0 Å². The van der Waals surface area contributed by atoms with Gasteiger partial charge < -0.3 is 44.6 Å². The van der Waals surface area contributed by atoms with Crippen LogP contribution in [0.15, 0.2) is 48.6 Å². The summed E-state index contributed by atoms with van der Waals surface area (Å²) in [4.78, 5) is 54.2. The molecule has 366 valence electrons. The molecule has 0 aliphatic heterocycles. The molecule has 0 radical (unpaired) electrons. The smallest absolute Gasteiger partial charge is 0.462 e. The predicted molar refractivity (Wildman–Crippen MR) is 241 cm³/mol. The van der Waals surface area contributed by atoms with Gasteiger partial charge in [0.05, 0.1) is 6.61 Å². The molecule has 18 heteroatoms. The lowest BCUT2D eigenvalue weighted by Gasteiger charge is -2.43. The van der Waals surface area contributed by atoms with E-state index in [2.05, 4.69) is 67.0 Å². The van der Waals surface area contributed by atoms with Crippen molar-refractivity contribution in [1.29, 1.82) is 0 Å². The topological polar surface area (TPSA) is 256 Å². The van der Waals surface area contributed by atoms with E-state index in [1.165, 1.54) is 38.5 Å². The van der Waals surface area contributed by atoms with Gasteiger partial charge in [-0.1, -0.05) is 127 Å². The number of carbonyl (C=O) groups is 2. The maximum atomic E-state index is 13.0. The van der Waals surface area contributed by atoms with E-state index in [4.69, 9.17) is 28.3 Å². The minimum atomic E-state index is -5.37. The quantitative estimate of drug-likeness (QED) is 0.0132. The van der Waals surface area contributed by atoms with Crippen LogP contribution in [0.2, 0.25) is 0 Å². The fourth-order valence-electron chi connectivity index (χ4n) is 6.73. The zero-order valence-corrected chi connectivity index (χ0v) is 39.5. The predicted octanol–water partition coefficient (Wildman–Crippen LogP) is 8.51. The highest BCUT2D eigenvalue weighted by atomic mass is 31.2. The second kappa shape index (κ2) is 36.1. The fraction of sp³-hybridized carbons (Fsp3) is 0.778. The van der Waals surface area contributed by atoms with Crippen molar-refractivity contribution < 1.29 is 76.9 Å². The SMILES string of the molecule is CCCCC/C=C\C/C=C\CCCCCCCC(=O)OC[C@H](COP(=O)(O)O[C@H]1[C@H](O)[C@@H](OP(=O)(O)O)[C@H](O)[C@@H](O)[C@H]1O)OC(=O)CCCCCCC/C=C\C/C=C\CCCCC. The molecule has 0 spiro atoms. The van der Waals surface area contributed by atoms with Gasteiger partial charge in [-0.3, -0.25) is 23.2 Å². The van der Waals surface area contributed by atoms with Crippen LogP contribution in [-0.4, -0.2) is 103 Å². The van der Waals surface area contributed by atoms with Crippen LogP contribution in [0.3, 0.4) is 0 Å². The van der Waals surface area contributed by atoms with E-state index in [0.717, 1.165) is 89.9 Å². The van der Waals surface area contributed by atoms with E-state index in [1.807, 2.05) is 0 Å². The molecule has 1 aliphatic carbocycles. The number of aliphatic hydroxyl groups excluding tert-OH is 4. The lowest BCUT2D eigenvalue weighted by Crippen LogP contribution is -2.64. The van der Waals surface area contributed by atoms with Gasteiger partial charge in [-0.05, 0) is 77.0 Å². The molecule has 16 nitrogen and oxygen atoms in total. The molecular formula is C45H80O16P2. The van der Waals surface area contributed by atoms with Crippen LogP contribution in [0, 0.1) is 0 Å². The number of carbonyl (C=O) groups excluding carboxylic acids is 2. The summed E-state index contributed by atoms with van der Waals surface area (Å²) in [6.45, 7) is 3.02.